The van der Waals surface area contributed by atoms with E-state index in [2.05, 4.69) is 10.6 Å². The SMILES string of the molecule is N[C@@H](CCC(=O)N[C@@H](CSC/C=C/CO[C@@H]1OC(CO)[C@H](O)[C@H](O)C1O)C(=O)NCC(=O)O)C(=O)O. The number of aliphatic hydroxyl groups excluding tert-OH is 4. The number of carbonyl (C=O) groups is 4. The Bertz CT molecular complexity index is 768. The summed E-state index contributed by atoms with van der Waals surface area (Å²) in [4.78, 5) is 45.8. The minimum atomic E-state index is -1.56. The molecule has 0 aromatic carbocycles. The van der Waals surface area contributed by atoms with Crippen molar-refractivity contribution in [2.75, 3.05) is 31.3 Å². The van der Waals surface area contributed by atoms with Crippen LogP contribution in [0.25, 0.3) is 0 Å². The number of carbonyl (C=O) groups excluding carboxylic acids is 2. The van der Waals surface area contributed by atoms with E-state index in [0.29, 0.717) is 5.75 Å². The maximum absolute atomic E-state index is 12.2. The molecule has 10 N–H and O–H groups in total. The third kappa shape index (κ3) is 11.2. The smallest absolute Gasteiger partial charge is 0.322 e. The van der Waals surface area contributed by atoms with Gasteiger partial charge in [-0.1, -0.05) is 12.2 Å². The summed E-state index contributed by atoms with van der Waals surface area (Å²) in [5.41, 5.74) is 5.35. The van der Waals surface area contributed by atoms with Gasteiger partial charge in [-0.25, -0.2) is 0 Å². The largest absolute Gasteiger partial charge is 0.480 e. The molecular formula is C20H33N3O12S. The van der Waals surface area contributed by atoms with Gasteiger partial charge in [0.05, 0.1) is 13.2 Å². The van der Waals surface area contributed by atoms with E-state index in [0.717, 1.165) is 0 Å². The van der Waals surface area contributed by atoms with Gasteiger partial charge in [0.1, 0.15) is 43.0 Å². The molecule has 1 rings (SSSR count). The Morgan fingerprint density at radius 3 is 2.39 bits per heavy atom. The highest BCUT2D eigenvalue weighted by Crippen LogP contribution is 2.21. The lowest BCUT2D eigenvalue weighted by atomic mass is 9.99. The summed E-state index contributed by atoms with van der Waals surface area (Å²) in [6.45, 7) is -1.28. The highest BCUT2D eigenvalue weighted by molar-refractivity contribution is 7.99. The first-order valence-electron chi connectivity index (χ1n) is 10.9. The lowest BCUT2D eigenvalue weighted by Crippen LogP contribution is -2.59. The Kier molecular flexibility index (Phi) is 14.5. The molecule has 1 saturated heterocycles. The van der Waals surface area contributed by atoms with Gasteiger partial charge in [-0.2, -0.15) is 11.8 Å². The van der Waals surface area contributed by atoms with Gasteiger partial charge in [0.25, 0.3) is 0 Å². The van der Waals surface area contributed by atoms with E-state index < -0.39 is 79.7 Å². The quantitative estimate of drug-likeness (QED) is 0.0668. The molecule has 0 aromatic heterocycles. The van der Waals surface area contributed by atoms with Crippen LogP contribution in [0.3, 0.4) is 0 Å². The predicted octanol–water partition coefficient (Wildman–Crippen LogP) is -4.03. The number of ether oxygens (including phenoxy) is 2. The van der Waals surface area contributed by atoms with E-state index in [1.165, 1.54) is 11.8 Å². The molecule has 1 fully saturated rings. The maximum Gasteiger partial charge on any atom is 0.322 e. The number of aliphatic carboxylic acids is 2. The molecule has 16 heteroatoms. The van der Waals surface area contributed by atoms with Crippen LogP contribution in [0.15, 0.2) is 12.2 Å². The summed E-state index contributed by atoms with van der Waals surface area (Å²) in [5, 5.41) is 60.6. The van der Waals surface area contributed by atoms with Crippen molar-refractivity contribution in [2.24, 2.45) is 5.73 Å². The van der Waals surface area contributed by atoms with Crippen LogP contribution in [0.5, 0.6) is 0 Å². The van der Waals surface area contributed by atoms with Gasteiger partial charge in [0.2, 0.25) is 11.8 Å². The van der Waals surface area contributed by atoms with Crippen molar-refractivity contribution in [2.45, 2.75) is 55.6 Å². The Morgan fingerprint density at radius 1 is 1.08 bits per heavy atom. The molecule has 206 valence electrons. The molecule has 0 aromatic rings. The van der Waals surface area contributed by atoms with Crippen molar-refractivity contribution >= 4 is 35.5 Å². The Balaban J connectivity index is 2.49. The number of carboxylic acid groups (broad SMARTS) is 2. The van der Waals surface area contributed by atoms with Crippen LogP contribution < -0.4 is 16.4 Å². The van der Waals surface area contributed by atoms with E-state index in [1.54, 1.807) is 12.2 Å². The first kappa shape index (κ1) is 31.7. The molecule has 1 heterocycles. The fourth-order valence-electron chi connectivity index (χ4n) is 2.89. The molecule has 1 aliphatic heterocycles. The molecule has 36 heavy (non-hydrogen) atoms. The van der Waals surface area contributed by atoms with Crippen LogP contribution in [0.4, 0.5) is 0 Å². The number of amides is 2. The average molecular weight is 540 g/mol. The number of aliphatic hydroxyl groups is 4. The van der Waals surface area contributed by atoms with Crippen LogP contribution in [-0.2, 0) is 28.7 Å². The number of carboxylic acids is 2. The van der Waals surface area contributed by atoms with Gasteiger partial charge < -0.3 is 56.5 Å². The molecule has 0 radical (unpaired) electrons. The topological polar surface area (TPSA) is 258 Å². The van der Waals surface area contributed by atoms with Gasteiger partial charge >= 0.3 is 11.9 Å². The highest BCUT2D eigenvalue weighted by Gasteiger charge is 2.43. The average Bonchev–Trinajstić information content (AvgIpc) is 2.83. The van der Waals surface area contributed by atoms with Crippen LogP contribution in [0, 0.1) is 0 Å². The summed E-state index contributed by atoms with van der Waals surface area (Å²) in [6.07, 6.45) is -4.12. The number of thioether (sulfide) groups is 1. The third-order valence-corrected chi connectivity index (χ3v) is 5.93. The second kappa shape index (κ2) is 16.4. The standard InChI is InChI=1S/C20H33N3O12S/c21-10(19(32)33)3-4-13(25)23-11(18(31)22-7-14(26)27)9-36-6-2-1-5-34-20-17(30)16(29)15(28)12(8-24)35-20/h1-2,10-12,15-17,20,24,28-30H,3-9,21H2,(H,22,31)(H,23,25)(H,26,27)(H,32,33)/b2-1+/t10-,11-,12?,15-,16-,17?,20+/m0/s1. The Morgan fingerprint density at radius 2 is 1.78 bits per heavy atom. The molecule has 1 aliphatic rings. The monoisotopic (exact) mass is 539 g/mol. The summed E-state index contributed by atoms with van der Waals surface area (Å²) < 4.78 is 10.5. The van der Waals surface area contributed by atoms with Crippen LogP contribution in [-0.4, -0.2) is 128 Å². The van der Waals surface area contributed by atoms with E-state index in [1.807, 2.05) is 0 Å². The van der Waals surface area contributed by atoms with Crippen molar-refractivity contribution in [1.29, 1.82) is 0 Å². The lowest BCUT2D eigenvalue weighted by Gasteiger charge is -2.39. The first-order valence-corrected chi connectivity index (χ1v) is 12.1. The minimum absolute atomic E-state index is 0.0493. The number of hydrogen-bond acceptors (Lipinski definition) is 12. The first-order chi connectivity index (χ1) is 17.0. The predicted molar refractivity (Wildman–Crippen MR) is 124 cm³/mol. The normalized spacial score (nSPS) is 25.8. The van der Waals surface area contributed by atoms with Gasteiger partial charge in [0, 0.05) is 17.9 Å². The van der Waals surface area contributed by atoms with Crippen LogP contribution in [0.2, 0.25) is 0 Å². The number of rotatable bonds is 16. The molecule has 2 amide bonds. The second-order valence-electron chi connectivity index (χ2n) is 7.75. The molecular weight excluding hydrogens is 506 g/mol. The molecule has 15 nitrogen and oxygen atoms in total. The van der Waals surface area contributed by atoms with Crippen molar-refractivity contribution in [3.63, 3.8) is 0 Å². The van der Waals surface area contributed by atoms with Gasteiger partial charge in [-0.3, -0.25) is 19.2 Å². The summed E-state index contributed by atoms with van der Waals surface area (Å²) in [6, 6.07) is -2.32. The summed E-state index contributed by atoms with van der Waals surface area (Å²) in [7, 11) is 0. The van der Waals surface area contributed by atoms with Gasteiger partial charge in [-0.15, -0.1) is 0 Å². The summed E-state index contributed by atoms with van der Waals surface area (Å²) in [5.74, 6) is -3.46. The van der Waals surface area contributed by atoms with E-state index in [4.69, 9.17) is 30.5 Å². The van der Waals surface area contributed by atoms with E-state index >= 15 is 0 Å². The van der Waals surface area contributed by atoms with E-state index in [9.17, 15) is 34.5 Å². The lowest BCUT2D eigenvalue weighted by molar-refractivity contribution is -0.298. The molecule has 0 aliphatic carbocycles. The van der Waals surface area contributed by atoms with Crippen LogP contribution in [0.1, 0.15) is 12.8 Å². The molecule has 2 unspecified atom stereocenters. The van der Waals surface area contributed by atoms with Crippen molar-refractivity contribution < 1.29 is 59.3 Å². The van der Waals surface area contributed by atoms with Crippen molar-refractivity contribution in [3.05, 3.63) is 12.2 Å². The van der Waals surface area contributed by atoms with Gasteiger partial charge in [0.15, 0.2) is 6.29 Å². The Hall–Kier alpha value is -2.31. The number of nitrogens with two attached hydrogens (primary N) is 1. The highest BCUT2D eigenvalue weighted by atomic mass is 32.2. The zero-order valence-corrected chi connectivity index (χ0v) is 20.1. The third-order valence-electron chi connectivity index (χ3n) is 4.94. The molecule has 0 saturated carbocycles. The molecule has 7 atom stereocenters. The minimum Gasteiger partial charge on any atom is -0.480 e. The van der Waals surface area contributed by atoms with Gasteiger partial charge in [-0.05, 0) is 6.42 Å². The fraction of sp³-hybridized carbons (Fsp3) is 0.700. The van der Waals surface area contributed by atoms with Crippen molar-refractivity contribution in [1.82, 2.24) is 10.6 Å². The number of hydrogen-bond donors (Lipinski definition) is 9. The van der Waals surface area contributed by atoms with Crippen molar-refractivity contribution in [3.8, 4) is 0 Å². The second-order valence-corrected chi connectivity index (χ2v) is 8.83. The maximum atomic E-state index is 12.2. The number of nitrogens with one attached hydrogen (secondary N) is 2. The Labute approximate surface area is 210 Å². The zero-order chi connectivity index (χ0) is 27.3. The van der Waals surface area contributed by atoms with Crippen LogP contribution >= 0.6 is 11.8 Å². The zero-order valence-electron chi connectivity index (χ0n) is 19.3. The molecule has 0 spiro atoms. The van der Waals surface area contributed by atoms with E-state index in [-0.39, 0.29) is 25.2 Å². The molecule has 0 bridgehead atoms. The fourth-order valence-corrected chi connectivity index (χ4v) is 3.77. The summed E-state index contributed by atoms with van der Waals surface area (Å²) >= 11 is 1.22.